The van der Waals surface area contributed by atoms with Gasteiger partial charge in [-0.3, -0.25) is 9.59 Å². The smallest absolute Gasteiger partial charge is 0.254 e. The zero-order valence-corrected chi connectivity index (χ0v) is 17.8. The van der Waals surface area contributed by atoms with Crippen LogP contribution in [0.5, 0.6) is 5.75 Å². The fourth-order valence-corrected chi connectivity index (χ4v) is 4.67. The van der Waals surface area contributed by atoms with E-state index in [-0.39, 0.29) is 29.0 Å². The minimum atomic E-state index is -3.74. The summed E-state index contributed by atoms with van der Waals surface area (Å²) in [7, 11) is -3.74. The Morgan fingerprint density at radius 2 is 1.90 bits per heavy atom. The monoisotopic (exact) mass is 431 g/mol. The average Bonchev–Trinajstić information content (AvgIpc) is 3.47. The van der Waals surface area contributed by atoms with Gasteiger partial charge in [0.25, 0.3) is 5.56 Å². The number of benzene rings is 1. The second-order valence-electron chi connectivity index (χ2n) is 7.95. The average molecular weight is 432 g/mol. The van der Waals surface area contributed by atoms with Crippen molar-refractivity contribution in [2.75, 3.05) is 19.6 Å². The summed E-state index contributed by atoms with van der Waals surface area (Å²) >= 11 is 0. The Morgan fingerprint density at radius 3 is 2.53 bits per heavy atom. The Labute approximate surface area is 175 Å². The number of nitrogens with one attached hydrogen (secondary N) is 1. The second-order valence-corrected chi connectivity index (χ2v) is 9.72. The van der Waals surface area contributed by atoms with Gasteiger partial charge in [-0.1, -0.05) is 12.1 Å². The molecular formula is C21H25N3O5S. The number of hydrogen-bond acceptors (Lipinski definition) is 5. The van der Waals surface area contributed by atoms with E-state index in [1.54, 1.807) is 29.7 Å². The molecule has 30 heavy (non-hydrogen) atoms. The molecule has 2 aromatic rings. The summed E-state index contributed by atoms with van der Waals surface area (Å²) in [5.41, 5.74) is 1.63. The quantitative estimate of drug-likeness (QED) is 0.714. The second kappa shape index (κ2) is 7.88. The molecule has 9 heteroatoms. The molecule has 1 aromatic carbocycles. The van der Waals surface area contributed by atoms with Gasteiger partial charge in [0.1, 0.15) is 11.9 Å². The third-order valence-electron chi connectivity index (χ3n) is 5.36. The first-order chi connectivity index (χ1) is 14.2. The lowest BCUT2D eigenvalue weighted by Crippen LogP contribution is -2.58. The Hall–Kier alpha value is -2.65. The van der Waals surface area contributed by atoms with Crippen molar-refractivity contribution in [1.29, 1.82) is 0 Å². The molecule has 160 valence electrons. The molecule has 1 saturated heterocycles. The van der Waals surface area contributed by atoms with Crippen molar-refractivity contribution < 1.29 is 17.9 Å². The molecule has 0 spiro atoms. The normalized spacial score (nSPS) is 16.9. The van der Waals surface area contributed by atoms with Gasteiger partial charge >= 0.3 is 0 Å². The zero-order valence-electron chi connectivity index (χ0n) is 17.0. The summed E-state index contributed by atoms with van der Waals surface area (Å²) in [6, 6.07) is 10.2. The van der Waals surface area contributed by atoms with E-state index < -0.39 is 10.0 Å². The van der Waals surface area contributed by atoms with Crippen LogP contribution in [0.15, 0.2) is 46.1 Å². The number of sulfonamides is 1. The third-order valence-corrected chi connectivity index (χ3v) is 6.76. The number of nitrogens with zero attached hydrogens (tertiary/aromatic N) is 2. The fraction of sp³-hybridized carbons (Fsp3) is 0.429. The van der Waals surface area contributed by atoms with Gasteiger partial charge < -0.3 is 14.2 Å². The molecule has 0 bridgehead atoms. The highest BCUT2D eigenvalue weighted by molar-refractivity contribution is 7.89. The number of likely N-dealkylation sites (tertiary alicyclic amines) is 1. The number of aryl methyl sites for hydroxylation is 2. The molecule has 2 fully saturated rings. The molecule has 0 unspecified atom stereocenters. The predicted molar refractivity (Wildman–Crippen MR) is 111 cm³/mol. The van der Waals surface area contributed by atoms with Gasteiger partial charge in [0, 0.05) is 17.8 Å². The summed E-state index contributed by atoms with van der Waals surface area (Å²) in [6.07, 6.45) is 1.86. The van der Waals surface area contributed by atoms with E-state index in [9.17, 15) is 18.0 Å². The van der Waals surface area contributed by atoms with Gasteiger partial charge in [-0.25, -0.2) is 13.1 Å². The molecule has 1 aliphatic heterocycles. The highest BCUT2D eigenvalue weighted by Crippen LogP contribution is 2.35. The molecule has 0 atom stereocenters. The Balaban J connectivity index is 1.28. The molecule has 0 radical (unpaired) electrons. The lowest BCUT2D eigenvalue weighted by Gasteiger charge is -2.39. The summed E-state index contributed by atoms with van der Waals surface area (Å²) in [5.74, 6) is 0.193. The first kappa shape index (κ1) is 20.6. The topological polar surface area (TPSA) is 97.7 Å². The number of carbonyl (C=O) groups excluding carboxylic acids is 1. The van der Waals surface area contributed by atoms with Crippen molar-refractivity contribution in [2.45, 2.75) is 43.7 Å². The molecule has 2 aliphatic rings. The van der Waals surface area contributed by atoms with Gasteiger partial charge in [-0.2, -0.15) is 0 Å². The van der Waals surface area contributed by atoms with Gasteiger partial charge in [-0.05, 0) is 50.5 Å². The van der Waals surface area contributed by atoms with Crippen molar-refractivity contribution in [3.8, 4) is 5.75 Å². The van der Waals surface area contributed by atoms with E-state index >= 15 is 0 Å². The standard InChI is InChI=1S/C21H25N3O5S/c1-14-4-3-5-19(8-14)30(27,28)22-11-21(26)23-12-18(13-23)29-17-9-15(2)24(16-6-7-16)20(25)10-17/h3-5,8-10,16,18,22H,6-7,11-13H2,1-2H3. The van der Waals surface area contributed by atoms with E-state index in [0.717, 1.165) is 24.1 Å². The predicted octanol–water partition coefficient (Wildman–Crippen LogP) is 1.37. The van der Waals surface area contributed by atoms with Crippen LogP contribution in [0.4, 0.5) is 0 Å². The van der Waals surface area contributed by atoms with Crippen LogP contribution in [0, 0.1) is 13.8 Å². The fourth-order valence-electron chi connectivity index (χ4n) is 3.59. The first-order valence-corrected chi connectivity index (χ1v) is 11.5. The van der Waals surface area contributed by atoms with Crippen molar-refractivity contribution in [2.24, 2.45) is 0 Å². The van der Waals surface area contributed by atoms with E-state index in [1.165, 1.54) is 17.0 Å². The molecule has 1 amide bonds. The van der Waals surface area contributed by atoms with Crippen molar-refractivity contribution in [1.82, 2.24) is 14.2 Å². The zero-order chi connectivity index (χ0) is 21.5. The highest BCUT2D eigenvalue weighted by atomic mass is 32.2. The van der Waals surface area contributed by atoms with E-state index in [2.05, 4.69) is 4.72 Å². The maximum atomic E-state index is 12.3. The number of hydrogen-bond donors (Lipinski definition) is 1. The van der Waals surface area contributed by atoms with Gasteiger partial charge in [0.2, 0.25) is 15.9 Å². The molecule has 4 rings (SSSR count). The molecular weight excluding hydrogens is 406 g/mol. The van der Waals surface area contributed by atoms with E-state index in [1.807, 2.05) is 13.0 Å². The van der Waals surface area contributed by atoms with Crippen LogP contribution in [0.3, 0.4) is 0 Å². The lowest BCUT2D eigenvalue weighted by molar-refractivity contribution is -0.138. The Bertz CT molecular complexity index is 1130. The number of pyridine rings is 1. The summed E-state index contributed by atoms with van der Waals surface area (Å²) in [4.78, 5) is 26.2. The molecule has 1 aliphatic carbocycles. The summed E-state index contributed by atoms with van der Waals surface area (Å²) in [5, 5.41) is 0. The molecule has 1 aromatic heterocycles. The summed E-state index contributed by atoms with van der Waals surface area (Å²) < 4.78 is 34.6. The number of carbonyl (C=O) groups is 1. The molecule has 1 N–H and O–H groups in total. The van der Waals surface area contributed by atoms with Crippen LogP contribution in [0.1, 0.15) is 30.1 Å². The Kier molecular flexibility index (Phi) is 5.42. The van der Waals surface area contributed by atoms with Crippen molar-refractivity contribution in [3.63, 3.8) is 0 Å². The van der Waals surface area contributed by atoms with Crippen LogP contribution in [0.25, 0.3) is 0 Å². The van der Waals surface area contributed by atoms with Crippen molar-refractivity contribution in [3.05, 3.63) is 58.0 Å². The van der Waals surface area contributed by atoms with E-state index in [4.69, 9.17) is 4.74 Å². The maximum absolute atomic E-state index is 12.3. The number of amides is 1. The first-order valence-electron chi connectivity index (χ1n) is 9.97. The highest BCUT2D eigenvalue weighted by Gasteiger charge is 2.33. The molecule has 2 heterocycles. The lowest BCUT2D eigenvalue weighted by atomic mass is 10.1. The minimum absolute atomic E-state index is 0.0645. The van der Waals surface area contributed by atoms with Gasteiger partial charge in [0.05, 0.1) is 24.5 Å². The van der Waals surface area contributed by atoms with Crippen LogP contribution in [0.2, 0.25) is 0 Å². The van der Waals surface area contributed by atoms with Crippen molar-refractivity contribution >= 4 is 15.9 Å². The van der Waals surface area contributed by atoms with Gasteiger partial charge in [-0.15, -0.1) is 0 Å². The summed E-state index contributed by atoms with van der Waals surface area (Å²) in [6.45, 7) is 4.11. The third kappa shape index (κ3) is 4.41. The largest absolute Gasteiger partial charge is 0.486 e. The van der Waals surface area contributed by atoms with Crippen LogP contribution in [-0.2, 0) is 14.8 Å². The van der Waals surface area contributed by atoms with Crippen LogP contribution >= 0.6 is 0 Å². The number of rotatable bonds is 7. The maximum Gasteiger partial charge on any atom is 0.254 e. The molecule has 8 nitrogen and oxygen atoms in total. The SMILES string of the molecule is Cc1cccc(S(=O)(=O)NCC(=O)N2CC(Oc3cc(C)n(C4CC4)c(=O)c3)C2)c1. The Morgan fingerprint density at radius 1 is 1.17 bits per heavy atom. The number of ether oxygens (including phenoxy) is 1. The van der Waals surface area contributed by atoms with E-state index in [0.29, 0.717) is 24.9 Å². The van der Waals surface area contributed by atoms with Crippen LogP contribution in [-0.4, -0.2) is 49.5 Å². The molecule has 1 saturated carbocycles. The van der Waals surface area contributed by atoms with Gasteiger partial charge in [0.15, 0.2) is 0 Å². The minimum Gasteiger partial charge on any atom is -0.486 e. The van der Waals surface area contributed by atoms with Crippen LogP contribution < -0.4 is 15.0 Å². The number of aromatic nitrogens is 1.